The fourth-order valence-electron chi connectivity index (χ4n) is 0.890. The molecule has 0 aliphatic rings. The first kappa shape index (κ1) is 10.9. The highest BCUT2D eigenvalue weighted by Gasteiger charge is 2.11. The third kappa shape index (κ3) is 2.38. The molecule has 0 radical (unpaired) electrons. The van der Waals surface area contributed by atoms with E-state index in [4.69, 9.17) is 5.11 Å². The summed E-state index contributed by atoms with van der Waals surface area (Å²) in [6.45, 7) is 0. The lowest BCUT2D eigenvalue weighted by atomic mass is 10.1. The molecule has 0 spiro atoms. The summed E-state index contributed by atoms with van der Waals surface area (Å²) in [5.41, 5.74) is -1.09. The highest BCUT2D eigenvalue weighted by atomic mass is 19.1. The van der Waals surface area contributed by atoms with Gasteiger partial charge >= 0.3 is 5.97 Å². The summed E-state index contributed by atoms with van der Waals surface area (Å²) in [7, 11) is 0. The zero-order valence-corrected chi connectivity index (χ0v) is 7.25. The van der Waals surface area contributed by atoms with E-state index in [1.807, 2.05) is 0 Å². The van der Waals surface area contributed by atoms with E-state index in [1.165, 1.54) is 0 Å². The van der Waals surface area contributed by atoms with Crippen LogP contribution < -0.4 is 0 Å². The number of benzene rings is 1. The molecule has 0 aromatic heterocycles. The summed E-state index contributed by atoms with van der Waals surface area (Å²) in [5, 5.41) is 8.20. The normalized spacial score (nSPS) is 8.93. The van der Waals surface area contributed by atoms with Gasteiger partial charge in [-0.15, -0.1) is 0 Å². The largest absolute Gasteiger partial charge is 0.472 e. The van der Waals surface area contributed by atoms with E-state index in [-0.39, 0.29) is 11.8 Å². The molecule has 76 valence electrons. The molecule has 3 nitrogen and oxygen atoms in total. The van der Waals surface area contributed by atoms with E-state index in [0.717, 1.165) is 12.1 Å². The van der Waals surface area contributed by atoms with Crippen LogP contribution in [0.5, 0.6) is 0 Å². The Morgan fingerprint density at radius 3 is 2.60 bits per heavy atom. The lowest BCUT2D eigenvalue weighted by Gasteiger charge is -1.98. The van der Waals surface area contributed by atoms with Gasteiger partial charge in [-0.1, -0.05) is 0 Å². The molecule has 15 heavy (non-hydrogen) atoms. The Morgan fingerprint density at radius 1 is 1.40 bits per heavy atom. The fourth-order valence-corrected chi connectivity index (χ4v) is 0.890. The number of carboxylic acid groups (broad SMARTS) is 1. The summed E-state index contributed by atoms with van der Waals surface area (Å²) in [4.78, 5) is 20.4. The maximum absolute atomic E-state index is 13.2. The SMILES string of the molecule is O=Cc1ccc(F)c(C#CC(=O)O)c1F. The summed E-state index contributed by atoms with van der Waals surface area (Å²) >= 11 is 0. The minimum atomic E-state index is -1.51. The molecule has 0 saturated carbocycles. The Bertz CT molecular complexity index is 483. The van der Waals surface area contributed by atoms with Crippen LogP contribution in [0.25, 0.3) is 0 Å². The molecule has 0 atom stereocenters. The third-order valence-electron chi connectivity index (χ3n) is 1.54. The number of aldehydes is 1. The van der Waals surface area contributed by atoms with Gasteiger partial charge in [-0.05, 0) is 18.1 Å². The van der Waals surface area contributed by atoms with Gasteiger partial charge in [0.2, 0.25) is 0 Å². The minimum absolute atomic E-state index is 0.195. The Morgan fingerprint density at radius 2 is 2.07 bits per heavy atom. The molecular weight excluding hydrogens is 206 g/mol. The monoisotopic (exact) mass is 210 g/mol. The van der Waals surface area contributed by atoms with Crippen molar-refractivity contribution in [3.63, 3.8) is 0 Å². The van der Waals surface area contributed by atoms with Crippen molar-refractivity contribution in [3.8, 4) is 11.8 Å². The molecular formula is C10H4F2O3. The van der Waals surface area contributed by atoms with Crippen molar-refractivity contribution in [2.45, 2.75) is 0 Å². The van der Waals surface area contributed by atoms with Crippen LogP contribution in [0.4, 0.5) is 8.78 Å². The standard InChI is InChI=1S/C10H4F2O3/c11-8-3-1-6(5-13)10(12)7(8)2-4-9(14)15/h1,3,5H,(H,14,15). The second kappa shape index (κ2) is 4.33. The quantitative estimate of drug-likeness (QED) is 0.560. The summed E-state index contributed by atoms with van der Waals surface area (Å²) < 4.78 is 26.2. The van der Waals surface area contributed by atoms with Crippen LogP contribution in [-0.2, 0) is 4.79 Å². The van der Waals surface area contributed by atoms with Crippen molar-refractivity contribution in [2.24, 2.45) is 0 Å². The third-order valence-corrected chi connectivity index (χ3v) is 1.54. The van der Waals surface area contributed by atoms with Crippen LogP contribution >= 0.6 is 0 Å². The molecule has 0 aliphatic carbocycles. The first-order chi connectivity index (χ1) is 7.06. The number of hydrogen-bond donors (Lipinski definition) is 1. The molecule has 1 N–H and O–H groups in total. The average molecular weight is 210 g/mol. The van der Waals surface area contributed by atoms with Crippen LogP contribution in [0, 0.1) is 23.5 Å². The van der Waals surface area contributed by atoms with E-state index in [9.17, 15) is 18.4 Å². The van der Waals surface area contributed by atoms with Crippen LogP contribution in [0.2, 0.25) is 0 Å². The van der Waals surface area contributed by atoms with Gasteiger partial charge in [0.05, 0.1) is 11.1 Å². The average Bonchev–Trinajstić information content (AvgIpc) is 2.17. The Labute approximate surface area is 83.3 Å². The Balaban J connectivity index is 3.35. The zero-order chi connectivity index (χ0) is 11.4. The molecule has 0 unspecified atom stereocenters. The number of halogens is 2. The van der Waals surface area contributed by atoms with Crippen LogP contribution in [0.15, 0.2) is 12.1 Å². The fraction of sp³-hybridized carbons (Fsp3) is 0. The number of rotatable bonds is 1. The maximum atomic E-state index is 13.2. The van der Waals surface area contributed by atoms with Gasteiger partial charge in [-0.25, -0.2) is 13.6 Å². The second-order valence-corrected chi connectivity index (χ2v) is 2.50. The molecule has 1 rings (SSSR count). The lowest BCUT2D eigenvalue weighted by molar-refractivity contribution is -0.130. The van der Waals surface area contributed by atoms with Crippen LogP contribution in [0.1, 0.15) is 15.9 Å². The van der Waals surface area contributed by atoms with Gasteiger partial charge < -0.3 is 5.11 Å². The van der Waals surface area contributed by atoms with Gasteiger partial charge in [0, 0.05) is 5.92 Å². The first-order valence-electron chi connectivity index (χ1n) is 3.74. The van der Waals surface area contributed by atoms with Gasteiger partial charge in [0.15, 0.2) is 12.1 Å². The van der Waals surface area contributed by atoms with E-state index >= 15 is 0 Å². The first-order valence-corrected chi connectivity index (χ1v) is 3.74. The predicted octanol–water partition coefficient (Wildman–Crippen LogP) is 1.21. The van der Waals surface area contributed by atoms with Crippen molar-refractivity contribution in [3.05, 3.63) is 34.9 Å². The lowest BCUT2D eigenvalue weighted by Crippen LogP contribution is -1.97. The highest BCUT2D eigenvalue weighted by Crippen LogP contribution is 2.14. The van der Waals surface area contributed by atoms with Crippen molar-refractivity contribution >= 4 is 12.3 Å². The van der Waals surface area contributed by atoms with Crippen molar-refractivity contribution in [1.82, 2.24) is 0 Å². The second-order valence-electron chi connectivity index (χ2n) is 2.50. The van der Waals surface area contributed by atoms with E-state index in [2.05, 4.69) is 0 Å². The van der Waals surface area contributed by atoms with Crippen molar-refractivity contribution in [2.75, 3.05) is 0 Å². The van der Waals surface area contributed by atoms with E-state index in [1.54, 1.807) is 11.8 Å². The molecule has 0 amide bonds. The predicted molar refractivity (Wildman–Crippen MR) is 46.3 cm³/mol. The Kier molecular flexibility index (Phi) is 3.13. The number of carboxylic acids is 1. The minimum Gasteiger partial charge on any atom is -0.472 e. The summed E-state index contributed by atoms with van der Waals surface area (Å²) in [6, 6.07) is 1.79. The molecule has 5 heteroatoms. The summed E-state index contributed by atoms with van der Waals surface area (Å²) in [5.74, 6) is -0.308. The number of aliphatic carboxylic acids is 1. The van der Waals surface area contributed by atoms with E-state index in [0.29, 0.717) is 0 Å². The zero-order valence-electron chi connectivity index (χ0n) is 7.25. The number of hydrogen-bond acceptors (Lipinski definition) is 2. The van der Waals surface area contributed by atoms with Crippen molar-refractivity contribution in [1.29, 1.82) is 0 Å². The topological polar surface area (TPSA) is 54.4 Å². The number of carbonyl (C=O) groups excluding carboxylic acids is 1. The molecule has 0 fully saturated rings. The van der Waals surface area contributed by atoms with Crippen molar-refractivity contribution < 1.29 is 23.5 Å². The summed E-state index contributed by atoms with van der Waals surface area (Å²) in [6.07, 6.45) is 0.195. The van der Waals surface area contributed by atoms with Gasteiger partial charge in [-0.2, -0.15) is 0 Å². The maximum Gasteiger partial charge on any atom is 0.382 e. The smallest absolute Gasteiger partial charge is 0.382 e. The highest BCUT2D eigenvalue weighted by molar-refractivity contribution is 5.87. The Hall–Kier alpha value is -2.22. The van der Waals surface area contributed by atoms with Gasteiger partial charge in [-0.3, -0.25) is 4.79 Å². The van der Waals surface area contributed by atoms with Crippen LogP contribution in [0.3, 0.4) is 0 Å². The molecule has 1 aromatic rings. The molecule has 0 bridgehead atoms. The van der Waals surface area contributed by atoms with Gasteiger partial charge in [0.25, 0.3) is 0 Å². The van der Waals surface area contributed by atoms with E-state index < -0.39 is 23.2 Å². The molecule has 1 aromatic carbocycles. The van der Waals surface area contributed by atoms with Crippen LogP contribution in [-0.4, -0.2) is 17.4 Å². The molecule has 0 saturated heterocycles. The molecule has 0 aliphatic heterocycles. The van der Waals surface area contributed by atoms with Gasteiger partial charge in [0.1, 0.15) is 5.82 Å². The number of carbonyl (C=O) groups is 2. The molecule has 0 heterocycles.